The number of hydrogen-bond donors (Lipinski definition) is 2. The number of carbonyl (C=O) groups is 2. The van der Waals surface area contributed by atoms with E-state index in [1.807, 2.05) is 36.4 Å². The Kier molecular flexibility index (Phi) is 6.57. The molecule has 2 aromatic carbocycles. The van der Waals surface area contributed by atoms with Gasteiger partial charge in [0.05, 0.1) is 0 Å². The smallest absolute Gasteiger partial charge is 0.321 e. The molecule has 6 nitrogen and oxygen atoms in total. The summed E-state index contributed by atoms with van der Waals surface area (Å²) in [5, 5.41) is 4.87. The van der Waals surface area contributed by atoms with Crippen LogP contribution in [-0.4, -0.2) is 55.0 Å². The van der Waals surface area contributed by atoms with Crippen LogP contribution in [0, 0.1) is 0 Å². The van der Waals surface area contributed by atoms with Crippen molar-refractivity contribution in [3.05, 3.63) is 71.8 Å². The summed E-state index contributed by atoms with van der Waals surface area (Å²) < 4.78 is 0. The van der Waals surface area contributed by atoms with Gasteiger partial charge in [-0.2, -0.15) is 0 Å². The lowest BCUT2D eigenvalue weighted by molar-refractivity contribution is -0.126. The Labute approximate surface area is 160 Å². The van der Waals surface area contributed by atoms with Gasteiger partial charge in [-0.15, -0.1) is 0 Å². The van der Waals surface area contributed by atoms with Crippen molar-refractivity contribution in [2.45, 2.75) is 12.6 Å². The Morgan fingerprint density at radius 3 is 2.11 bits per heavy atom. The topological polar surface area (TPSA) is 64.7 Å². The van der Waals surface area contributed by atoms with Crippen LogP contribution >= 0.6 is 0 Å². The van der Waals surface area contributed by atoms with Crippen molar-refractivity contribution in [3.8, 4) is 0 Å². The molecule has 0 aromatic heterocycles. The zero-order chi connectivity index (χ0) is 19.1. The minimum Gasteiger partial charge on any atom is -0.341 e. The second-order valence-corrected chi connectivity index (χ2v) is 6.68. The fourth-order valence-electron chi connectivity index (χ4n) is 3.43. The molecule has 6 heteroatoms. The molecule has 0 unspecified atom stereocenters. The maximum absolute atomic E-state index is 12.8. The van der Waals surface area contributed by atoms with Gasteiger partial charge in [-0.05, 0) is 11.1 Å². The van der Waals surface area contributed by atoms with Crippen LogP contribution in [0.4, 0.5) is 4.79 Å². The van der Waals surface area contributed by atoms with Crippen LogP contribution < -0.4 is 10.6 Å². The van der Waals surface area contributed by atoms with E-state index in [1.54, 1.807) is 0 Å². The predicted octanol–water partition coefficient (Wildman–Crippen LogP) is 2.00. The Morgan fingerprint density at radius 1 is 0.926 bits per heavy atom. The molecule has 27 heavy (non-hydrogen) atoms. The average Bonchev–Trinajstić information content (AvgIpc) is 2.71. The molecule has 0 spiro atoms. The number of urea groups is 1. The lowest BCUT2D eigenvalue weighted by Gasteiger charge is -2.38. The molecule has 3 amide bonds. The Hall–Kier alpha value is -2.70. The molecule has 0 radical (unpaired) electrons. The van der Waals surface area contributed by atoms with Crippen LogP contribution in [0.15, 0.2) is 60.7 Å². The van der Waals surface area contributed by atoms with E-state index in [0.717, 1.165) is 38.3 Å². The number of nitrogens with one attached hydrogen (secondary N) is 2. The molecule has 1 heterocycles. The van der Waals surface area contributed by atoms with E-state index in [2.05, 4.69) is 44.7 Å². The third-order valence-corrected chi connectivity index (χ3v) is 4.85. The van der Waals surface area contributed by atoms with E-state index < -0.39 is 12.1 Å². The molecule has 0 bridgehead atoms. The molecule has 2 aromatic rings. The zero-order valence-corrected chi connectivity index (χ0v) is 15.6. The first-order chi connectivity index (χ1) is 13.2. The minimum atomic E-state index is -0.483. The van der Waals surface area contributed by atoms with Crippen molar-refractivity contribution >= 4 is 11.9 Å². The summed E-state index contributed by atoms with van der Waals surface area (Å²) in [6.07, 6.45) is 0. The van der Waals surface area contributed by atoms with E-state index in [-0.39, 0.29) is 5.91 Å². The van der Waals surface area contributed by atoms with Crippen LogP contribution in [0.2, 0.25) is 0 Å². The molecular weight excluding hydrogens is 340 g/mol. The number of hydrogen-bond acceptors (Lipinski definition) is 4. The number of amides is 3. The number of nitrogens with zero attached hydrogens (tertiary/aromatic N) is 2. The van der Waals surface area contributed by atoms with Gasteiger partial charge in [0, 0.05) is 39.8 Å². The first-order valence-corrected chi connectivity index (χ1v) is 9.25. The van der Waals surface area contributed by atoms with Crippen molar-refractivity contribution in [1.29, 1.82) is 0 Å². The van der Waals surface area contributed by atoms with Gasteiger partial charge in [0.2, 0.25) is 5.91 Å². The molecular formula is C21H26N4O2. The van der Waals surface area contributed by atoms with E-state index in [1.165, 1.54) is 12.6 Å². The molecule has 1 fully saturated rings. The maximum Gasteiger partial charge on any atom is 0.321 e. The third-order valence-electron chi connectivity index (χ3n) is 4.85. The summed E-state index contributed by atoms with van der Waals surface area (Å²) in [6, 6.07) is 19.1. The summed E-state index contributed by atoms with van der Waals surface area (Å²) in [7, 11) is 1.50. The first-order valence-electron chi connectivity index (χ1n) is 9.25. The lowest BCUT2D eigenvalue weighted by Crippen LogP contribution is -2.52. The predicted molar refractivity (Wildman–Crippen MR) is 105 cm³/mol. The summed E-state index contributed by atoms with van der Waals surface area (Å²) in [4.78, 5) is 28.9. The monoisotopic (exact) mass is 366 g/mol. The highest BCUT2D eigenvalue weighted by molar-refractivity contribution is 5.97. The Morgan fingerprint density at radius 2 is 1.52 bits per heavy atom. The van der Waals surface area contributed by atoms with Crippen molar-refractivity contribution in [2.75, 3.05) is 33.2 Å². The van der Waals surface area contributed by atoms with Crippen LogP contribution in [0.25, 0.3) is 0 Å². The molecule has 1 aliphatic rings. The summed E-state index contributed by atoms with van der Waals surface area (Å²) >= 11 is 0. The average molecular weight is 366 g/mol. The van der Waals surface area contributed by atoms with Gasteiger partial charge in [0.1, 0.15) is 6.04 Å². The quantitative estimate of drug-likeness (QED) is 0.850. The molecule has 2 N–H and O–H groups in total. The number of carbonyl (C=O) groups excluding carboxylic acids is 2. The summed E-state index contributed by atoms with van der Waals surface area (Å²) in [5.41, 5.74) is 2.19. The van der Waals surface area contributed by atoms with Gasteiger partial charge in [0.15, 0.2) is 0 Å². The summed E-state index contributed by atoms with van der Waals surface area (Å²) in [6.45, 7) is 4.22. The molecule has 3 rings (SSSR count). The molecule has 1 saturated heterocycles. The number of benzene rings is 2. The number of piperazine rings is 1. The van der Waals surface area contributed by atoms with Gasteiger partial charge >= 0.3 is 6.03 Å². The molecule has 0 aliphatic carbocycles. The number of imide groups is 1. The largest absolute Gasteiger partial charge is 0.341 e. The lowest BCUT2D eigenvalue weighted by atomic mass is 10.0. The van der Waals surface area contributed by atoms with Gasteiger partial charge in [0.25, 0.3) is 0 Å². The second kappa shape index (κ2) is 9.30. The van der Waals surface area contributed by atoms with Crippen LogP contribution in [0.3, 0.4) is 0 Å². The summed E-state index contributed by atoms with van der Waals surface area (Å²) in [5.74, 6) is -0.294. The maximum atomic E-state index is 12.8. The molecule has 142 valence electrons. The molecule has 1 aliphatic heterocycles. The van der Waals surface area contributed by atoms with Crippen molar-refractivity contribution in [2.24, 2.45) is 0 Å². The van der Waals surface area contributed by atoms with Crippen LogP contribution in [-0.2, 0) is 11.3 Å². The van der Waals surface area contributed by atoms with Crippen molar-refractivity contribution in [3.63, 3.8) is 0 Å². The van der Waals surface area contributed by atoms with Gasteiger partial charge in [-0.3, -0.25) is 19.9 Å². The van der Waals surface area contributed by atoms with Gasteiger partial charge in [-0.25, -0.2) is 4.79 Å². The van der Waals surface area contributed by atoms with E-state index >= 15 is 0 Å². The van der Waals surface area contributed by atoms with Gasteiger partial charge < -0.3 is 5.32 Å². The highest BCUT2D eigenvalue weighted by atomic mass is 16.2. The number of rotatable bonds is 5. The van der Waals surface area contributed by atoms with Crippen LogP contribution in [0.1, 0.15) is 17.2 Å². The Balaban J connectivity index is 1.67. The van der Waals surface area contributed by atoms with Crippen LogP contribution in [0.5, 0.6) is 0 Å². The third kappa shape index (κ3) is 5.15. The van der Waals surface area contributed by atoms with E-state index in [4.69, 9.17) is 0 Å². The van der Waals surface area contributed by atoms with Crippen molar-refractivity contribution in [1.82, 2.24) is 20.4 Å². The first kappa shape index (κ1) is 19.1. The zero-order valence-electron chi connectivity index (χ0n) is 15.6. The van der Waals surface area contributed by atoms with E-state index in [0.29, 0.717) is 0 Å². The SMILES string of the molecule is CNC(=O)NC(=O)[C@H](c1ccccc1)N1CCN(Cc2ccccc2)CC1. The van der Waals surface area contributed by atoms with Gasteiger partial charge in [-0.1, -0.05) is 60.7 Å². The van der Waals surface area contributed by atoms with E-state index in [9.17, 15) is 9.59 Å². The highest BCUT2D eigenvalue weighted by Crippen LogP contribution is 2.23. The fourth-order valence-corrected chi connectivity index (χ4v) is 3.43. The molecule has 0 saturated carbocycles. The fraction of sp³-hybridized carbons (Fsp3) is 0.333. The Bertz CT molecular complexity index is 743. The highest BCUT2D eigenvalue weighted by Gasteiger charge is 2.31. The molecule has 1 atom stereocenters. The van der Waals surface area contributed by atoms with Crippen molar-refractivity contribution < 1.29 is 9.59 Å². The normalized spacial score (nSPS) is 16.5. The second-order valence-electron chi connectivity index (χ2n) is 6.68. The minimum absolute atomic E-state index is 0.294. The standard InChI is InChI=1S/C21H26N4O2/c1-22-21(27)23-20(26)19(18-10-6-3-7-11-18)25-14-12-24(13-15-25)16-17-8-4-2-5-9-17/h2-11,19H,12-16H2,1H3,(H2,22,23,26,27)/t19-/m0/s1.